The maximum absolute atomic E-state index is 14.2. The molecular weight excluding hydrogens is 506 g/mol. The molecule has 3 aromatic carbocycles. The highest BCUT2D eigenvalue weighted by Crippen LogP contribution is 2.46. The highest BCUT2D eigenvalue weighted by molar-refractivity contribution is 6.34. The Labute approximate surface area is 206 Å². The molecule has 4 aromatic rings. The molecule has 0 aliphatic heterocycles. The molecule has 0 saturated carbocycles. The van der Waals surface area contributed by atoms with Crippen molar-refractivity contribution in [2.24, 2.45) is 7.05 Å². The molecule has 1 aromatic heterocycles. The van der Waals surface area contributed by atoms with E-state index in [1.807, 2.05) is 0 Å². The fraction of sp³-hybridized carbons (Fsp3) is 0.120. The first-order valence-corrected chi connectivity index (χ1v) is 10.8. The molecule has 0 saturated heterocycles. The van der Waals surface area contributed by atoms with Gasteiger partial charge in [-0.2, -0.15) is 13.2 Å². The van der Waals surface area contributed by atoms with Crippen molar-refractivity contribution in [3.05, 3.63) is 98.5 Å². The van der Waals surface area contributed by atoms with E-state index in [2.05, 4.69) is 6.58 Å². The summed E-state index contributed by atoms with van der Waals surface area (Å²) in [6.45, 7) is 3.69. The summed E-state index contributed by atoms with van der Waals surface area (Å²) < 4.78 is 48.8. The van der Waals surface area contributed by atoms with Crippen molar-refractivity contribution >= 4 is 45.8 Å². The first kappa shape index (κ1) is 24.6. The van der Waals surface area contributed by atoms with Crippen LogP contribution in [0.15, 0.2) is 70.4 Å². The van der Waals surface area contributed by atoms with Crippen LogP contribution in [0.2, 0.25) is 10.0 Å². The lowest BCUT2D eigenvalue weighted by Crippen LogP contribution is -2.22. The number of carboxylic acids is 1. The molecule has 1 unspecified atom stereocenters. The predicted molar refractivity (Wildman–Crippen MR) is 128 cm³/mol. The number of aromatic carboxylic acids is 1. The average molecular weight is 522 g/mol. The van der Waals surface area contributed by atoms with Crippen LogP contribution in [0.4, 0.5) is 13.2 Å². The van der Waals surface area contributed by atoms with E-state index in [1.165, 1.54) is 60.1 Å². The van der Waals surface area contributed by atoms with Crippen LogP contribution in [0.25, 0.3) is 27.8 Å². The van der Waals surface area contributed by atoms with E-state index in [1.54, 1.807) is 6.07 Å². The molecule has 1 atom stereocenters. The number of alkyl halides is 3. The Morgan fingerprint density at radius 2 is 1.57 bits per heavy atom. The zero-order valence-corrected chi connectivity index (χ0v) is 19.5. The lowest BCUT2D eigenvalue weighted by atomic mass is 9.86. The number of hydrogen-bond acceptors (Lipinski definition) is 3. The number of aryl methyl sites for hydroxylation is 1. The van der Waals surface area contributed by atoms with E-state index in [0.29, 0.717) is 16.6 Å². The number of oxazole rings is 1. The Balaban J connectivity index is 1.74. The summed E-state index contributed by atoms with van der Waals surface area (Å²) in [7, 11) is 1.46. The lowest BCUT2D eigenvalue weighted by molar-refractivity contribution is -0.137. The van der Waals surface area contributed by atoms with Crippen molar-refractivity contribution in [2.45, 2.75) is 12.1 Å². The summed E-state index contributed by atoms with van der Waals surface area (Å²) in [6, 6.07) is 12.5. The van der Waals surface area contributed by atoms with Crippen LogP contribution < -0.4 is 5.76 Å². The van der Waals surface area contributed by atoms with Crippen LogP contribution in [-0.2, 0) is 7.05 Å². The summed E-state index contributed by atoms with van der Waals surface area (Å²) >= 11 is 12.4. The number of aromatic nitrogens is 1. The van der Waals surface area contributed by atoms with Crippen LogP contribution in [0.5, 0.6) is 0 Å². The largest absolute Gasteiger partial charge is 0.478 e. The molecular formula is C25H16Cl2F3NO4. The van der Waals surface area contributed by atoms with Crippen molar-refractivity contribution < 1.29 is 27.5 Å². The van der Waals surface area contributed by atoms with Gasteiger partial charge in [-0.05, 0) is 58.2 Å². The number of halogens is 5. The quantitative estimate of drug-likeness (QED) is 0.302. The van der Waals surface area contributed by atoms with Gasteiger partial charge in [0.15, 0.2) is 5.58 Å². The van der Waals surface area contributed by atoms with E-state index in [9.17, 15) is 22.8 Å². The van der Waals surface area contributed by atoms with Crippen LogP contribution >= 0.6 is 23.2 Å². The Morgan fingerprint density at radius 1 is 1.00 bits per heavy atom. The molecule has 0 bridgehead atoms. The number of carboxylic acid groups (broad SMARTS) is 1. The monoisotopic (exact) mass is 521 g/mol. The summed E-state index contributed by atoms with van der Waals surface area (Å²) in [4.78, 5) is 22.9. The second-order valence-corrected chi connectivity index (χ2v) is 8.66. The van der Waals surface area contributed by atoms with Crippen molar-refractivity contribution in [1.29, 1.82) is 0 Å². The minimum absolute atomic E-state index is 0.0136. The van der Waals surface area contributed by atoms with Gasteiger partial charge in [0.25, 0.3) is 0 Å². The van der Waals surface area contributed by atoms with E-state index in [0.717, 1.165) is 0 Å². The van der Waals surface area contributed by atoms with Gasteiger partial charge in [-0.15, -0.1) is 0 Å². The number of fused-ring (bicyclic) bond motifs is 1. The smallest absolute Gasteiger partial charge is 0.419 e. The van der Waals surface area contributed by atoms with Gasteiger partial charge in [-0.3, -0.25) is 4.57 Å². The third-order valence-corrected chi connectivity index (χ3v) is 6.30. The zero-order valence-electron chi connectivity index (χ0n) is 18.0. The minimum atomic E-state index is -4.71. The van der Waals surface area contributed by atoms with Crippen LogP contribution in [0, 0.1) is 0 Å². The van der Waals surface area contributed by atoms with Gasteiger partial charge in [0.1, 0.15) is 5.92 Å². The summed E-state index contributed by atoms with van der Waals surface area (Å²) in [6.07, 6.45) is -4.71. The standard InChI is InChI=1S/C25H16Cl2F3NO4/c1-12(22(25(28,29)30)15-5-8-20-21(11-15)35-24(34)31(20)2)16-6-3-13(9-18(16)26)14-4-7-17(23(32)33)19(27)10-14/h3-11,22H,1H2,2H3,(H,32,33). The zero-order chi connectivity index (χ0) is 25.7. The third-order valence-electron chi connectivity index (χ3n) is 5.67. The van der Waals surface area contributed by atoms with E-state index in [-0.39, 0.29) is 37.9 Å². The molecule has 10 heteroatoms. The Morgan fingerprint density at radius 3 is 2.09 bits per heavy atom. The van der Waals surface area contributed by atoms with Crippen molar-refractivity contribution in [1.82, 2.24) is 4.57 Å². The first-order chi connectivity index (χ1) is 16.4. The minimum Gasteiger partial charge on any atom is -0.478 e. The van der Waals surface area contributed by atoms with Gasteiger partial charge in [-0.25, -0.2) is 9.59 Å². The molecule has 1 heterocycles. The molecule has 180 valence electrons. The molecule has 0 fully saturated rings. The average Bonchev–Trinajstić information content (AvgIpc) is 3.05. The van der Waals surface area contributed by atoms with Crippen LogP contribution in [0.3, 0.4) is 0 Å². The van der Waals surface area contributed by atoms with Gasteiger partial charge in [-0.1, -0.05) is 54.0 Å². The molecule has 0 aliphatic carbocycles. The van der Waals surface area contributed by atoms with Gasteiger partial charge >= 0.3 is 17.9 Å². The third kappa shape index (κ3) is 4.59. The first-order valence-electron chi connectivity index (χ1n) is 10.1. The van der Waals surface area contributed by atoms with Crippen molar-refractivity contribution in [3.8, 4) is 11.1 Å². The fourth-order valence-electron chi connectivity index (χ4n) is 3.90. The Hall–Kier alpha value is -3.49. The topological polar surface area (TPSA) is 72.4 Å². The number of benzene rings is 3. The van der Waals surface area contributed by atoms with Crippen molar-refractivity contribution in [3.63, 3.8) is 0 Å². The van der Waals surface area contributed by atoms with Gasteiger partial charge in [0, 0.05) is 12.1 Å². The summed E-state index contributed by atoms with van der Waals surface area (Å²) in [5, 5.41) is 9.16. The van der Waals surface area contributed by atoms with E-state index in [4.69, 9.17) is 32.7 Å². The SMILES string of the molecule is C=C(c1ccc(-c2ccc(C(=O)O)c(Cl)c2)cc1Cl)C(c1ccc2c(c1)oc(=O)n2C)C(F)(F)F. The Kier molecular flexibility index (Phi) is 6.29. The van der Waals surface area contributed by atoms with Crippen LogP contribution in [0.1, 0.15) is 27.4 Å². The normalized spacial score (nSPS) is 12.6. The molecule has 35 heavy (non-hydrogen) atoms. The van der Waals surface area contributed by atoms with Crippen LogP contribution in [-0.4, -0.2) is 21.8 Å². The fourth-order valence-corrected chi connectivity index (χ4v) is 4.46. The number of rotatable bonds is 5. The summed E-state index contributed by atoms with van der Waals surface area (Å²) in [5.74, 6) is -3.97. The molecule has 0 amide bonds. The van der Waals surface area contributed by atoms with E-state index < -0.39 is 23.8 Å². The molecule has 4 rings (SSSR count). The molecule has 0 aliphatic rings. The lowest BCUT2D eigenvalue weighted by Gasteiger charge is -2.24. The maximum Gasteiger partial charge on any atom is 0.419 e. The van der Waals surface area contributed by atoms with Gasteiger partial charge in [0.05, 0.1) is 16.1 Å². The highest BCUT2D eigenvalue weighted by Gasteiger charge is 2.43. The highest BCUT2D eigenvalue weighted by atomic mass is 35.5. The number of nitrogens with zero attached hydrogens (tertiary/aromatic N) is 1. The van der Waals surface area contributed by atoms with E-state index >= 15 is 0 Å². The molecule has 0 radical (unpaired) electrons. The molecule has 1 N–H and O–H groups in total. The molecule has 5 nitrogen and oxygen atoms in total. The van der Waals surface area contributed by atoms with Gasteiger partial charge < -0.3 is 9.52 Å². The Bertz CT molecular complexity index is 1550. The summed E-state index contributed by atoms with van der Waals surface area (Å²) in [5.41, 5.74) is 1.02. The second kappa shape index (κ2) is 8.94. The second-order valence-electron chi connectivity index (χ2n) is 7.85. The number of hydrogen-bond donors (Lipinski definition) is 1. The van der Waals surface area contributed by atoms with Crippen molar-refractivity contribution in [2.75, 3.05) is 0 Å². The number of allylic oxidation sites excluding steroid dienone is 1. The predicted octanol–water partition coefficient (Wildman–Crippen LogP) is 7.16. The van der Waals surface area contributed by atoms with Gasteiger partial charge in [0.2, 0.25) is 0 Å². The maximum atomic E-state index is 14.2. The number of carbonyl (C=O) groups is 1. The molecule has 0 spiro atoms.